The number of hydrogen-bond acceptors (Lipinski definition) is 5. The number of piperidine rings is 1. The normalized spacial score (nSPS) is 20.0. The monoisotopic (exact) mass is 384 g/mol. The Morgan fingerprint density at radius 1 is 1.15 bits per heavy atom. The number of amides is 1. The van der Waals surface area contributed by atoms with Gasteiger partial charge in [0.15, 0.2) is 0 Å². The van der Waals surface area contributed by atoms with E-state index in [1.165, 1.54) is 44.4 Å². The molecule has 1 aromatic carbocycles. The Hall–Kier alpha value is -1.63. The minimum Gasteiger partial charge on any atom is -0.326 e. The average Bonchev–Trinajstić information content (AvgIpc) is 2.69. The van der Waals surface area contributed by atoms with E-state index in [0.717, 1.165) is 48.0 Å². The average molecular weight is 385 g/mol. The minimum absolute atomic E-state index is 0.0503. The van der Waals surface area contributed by atoms with Gasteiger partial charge in [0.05, 0.1) is 11.2 Å². The first-order valence-corrected chi connectivity index (χ1v) is 11.0. The molecule has 2 fully saturated rings. The van der Waals surface area contributed by atoms with E-state index in [-0.39, 0.29) is 5.91 Å². The molecule has 1 amide bonds. The maximum absolute atomic E-state index is 11.2. The number of pyridine rings is 1. The van der Waals surface area contributed by atoms with Crippen LogP contribution in [0.25, 0.3) is 10.9 Å². The highest BCUT2D eigenvalue weighted by Crippen LogP contribution is 2.23. The number of aromatic nitrogens is 1. The molecule has 0 aliphatic carbocycles. The van der Waals surface area contributed by atoms with Gasteiger partial charge in [-0.2, -0.15) is 11.8 Å². The summed E-state index contributed by atoms with van der Waals surface area (Å²) in [6.07, 6.45) is 2.55. The summed E-state index contributed by atoms with van der Waals surface area (Å²) in [7, 11) is 0. The zero-order valence-electron chi connectivity index (χ0n) is 16.0. The van der Waals surface area contributed by atoms with Crippen molar-refractivity contribution in [3.05, 3.63) is 36.0 Å². The van der Waals surface area contributed by atoms with Crippen LogP contribution >= 0.6 is 11.8 Å². The molecule has 2 saturated heterocycles. The molecular weight excluding hydrogens is 356 g/mol. The molecule has 1 N–H and O–H groups in total. The molecule has 5 nitrogen and oxygen atoms in total. The third kappa shape index (κ3) is 4.81. The van der Waals surface area contributed by atoms with Crippen molar-refractivity contribution < 1.29 is 4.79 Å². The van der Waals surface area contributed by atoms with Crippen LogP contribution in [0.2, 0.25) is 0 Å². The quantitative estimate of drug-likeness (QED) is 0.877. The molecule has 6 heteroatoms. The van der Waals surface area contributed by atoms with Crippen LogP contribution in [0.5, 0.6) is 0 Å². The Morgan fingerprint density at radius 2 is 1.93 bits per heavy atom. The van der Waals surface area contributed by atoms with Gasteiger partial charge in [-0.15, -0.1) is 0 Å². The molecule has 0 radical (unpaired) electrons. The fourth-order valence-corrected chi connectivity index (χ4v) is 5.08. The number of nitrogens with zero attached hydrogens (tertiary/aromatic N) is 3. The highest BCUT2D eigenvalue weighted by molar-refractivity contribution is 7.99. The van der Waals surface area contributed by atoms with Gasteiger partial charge < -0.3 is 5.32 Å². The van der Waals surface area contributed by atoms with Crippen molar-refractivity contribution in [2.75, 3.05) is 43.0 Å². The largest absolute Gasteiger partial charge is 0.326 e. The standard InChI is InChI=1S/C21H28N4OS/c1-16(26)22-18-4-5-21-17(14-18)2-3-19(23-21)15-24-8-6-20(7-9-24)25-10-12-27-13-11-25/h2-5,14,20H,6-13,15H2,1H3,(H,22,26). The highest BCUT2D eigenvalue weighted by Gasteiger charge is 2.25. The molecule has 0 spiro atoms. The van der Waals surface area contributed by atoms with E-state index in [1.54, 1.807) is 0 Å². The first kappa shape index (κ1) is 18.7. The van der Waals surface area contributed by atoms with E-state index in [0.29, 0.717) is 0 Å². The Bertz CT molecular complexity index is 798. The third-order valence-corrected chi connectivity index (χ3v) is 6.51. The molecule has 0 unspecified atom stereocenters. The van der Waals surface area contributed by atoms with Crippen LogP contribution in [0.15, 0.2) is 30.3 Å². The fraction of sp³-hybridized carbons (Fsp3) is 0.524. The second-order valence-electron chi connectivity index (χ2n) is 7.55. The summed E-state index contributed by atoms with van der Waals surface area (Å²) >= 11 is 2.09. The van der Waals surface area contributed by atoms with Crippen LogP contribution in [0.3, 0.4) is 0 Å². The second-order valence-corrected chi connectivity index (χ2v) is 8.77. The lowest BCUT2D eigenvalue weighted by atomic mass is 10.0. The zero-order valence-corrected chi connectivity index (χ0v) is 16.8. The summed E-state index contributed by atoms with van der Waals surface area (Å²) in [4.78, 5) is 21.3. The summed E-state index contributed by atoms with van der Waals surface area (Å²) in [6, 6.07) is 10.9. The van der Waals surface area contributed by atoms with E-state index in [4.69, 9.17) is 4.98 Å². The number of rotatable bonds is 4. The smallest absolute Gasteiger partial charge is 0.221 e. The lowest BCUT2D eigenvalue weighted by Crippen LogP contribution is -2.47. The van der Waals surface area contributed by atoms with Gasteiger partial charge >= 0.3 is 0 Å². The van der Waals surface area contributed by atoms with E-state index in [2.05, 4.69) is 39.0 Å². The molecule has 1 aromatic heterocycles. The summed E-state index contributed by atoms with van der Waals surface area (Å²) in [5.41, 5.74) is 2.94. The molecule has 0 atom stereocenters. The number of nitrogens with one attached hydrogen (secondary N) is 1. The van der Waals surface area contributed by atoms with Gasteiger partial charge in [-0.25, -0.2) is 0 Å². The van der Waals surface area contributed by atoms with Gasteiger partial charge in [0.1, 0.15) is 0 Å². The van der Waals surface area contributed by atoms with E-state index >= 15 is 0 Å². The van der Waals surface area contributed by atoms with Gasteiger partial charge in [-0.05, 0) is 37.1 Å². The maximum Gasteiger partial charge on any atom is 0.221 e. The van der Waals surface area contributed by atoms with Crippen molar-refractivity contribution in [2.24, 2.45) is 0 Å². The lowest BCUT2D eigenvalue weighted by Gasteiger charge is -2.40. The first-order chi connectivity index (χ1) is 13.2. The molecule has 2 aliphatic heterocycles. The van der Waals surface area contributed by atoms with Crippen LogP contribution < -0.4 is 5.32 Å². The predicted molar refractivity (Wildman–Crippen MR) is 113 cm³/mol. The van der Waals surface area contributed by atoms with Gasteiger partial charge in [0.2, 0.25) is 5.91 Å². The zero-order chi connectivity index (χ0) is 18.6. The van der Waals surface area contributed by atoms with Crippen LogP contribution in [0.1, 0.15) is 25.5 Å². The Kier molecular flexibility index (Phi) is 5.95. The number of thioether (sulfide) groups is 1. The van der Waals surface area contributed by atoms with Crippen molar-refractivity contribution in [2.45, 2.75) is 32.4 Å². The number of carbonyl (C=O) groups is 1. The van der Waals surface area contributed by atoms with Gasteiger partial charge in [0, 0.05) is 68.3 Å². The maximum atomic E-state index is 11.2. The van der Waals surface area contributed by atoms with Crippen molar-refractivity contribution in [3.63, 3.8) is 0 Å². The molecule has 2 aromatic rings. The molecule has 0 saturated carbocycles. The fourth-order valence-electron chi connectivity index (χ4n) is 4.15. The third-order valence-electron chi connectivity index (χ3n) is 5.57. The Balaban J connectivity index is 1.35. The molecule has 27 heavy (non-hydrogen) atoms. The number of benzene rings is 1. The summed E-state index contributed by atoms with van der Waals surface area (Å²) < 4.78 is 0. The number of carbonyl (C=O) groups excluding carboxylic acids is 1. The van der Waals surface area contributed by atoms with Gasteiger partial charge in [-0.3, -0.25) is 19.6 Å². The molecule has 4 rings (SSSR count). The molecule has 3 heterocycles. The number of fused-ring (bicyclic) bond motifs is 1. The van der Waals surface area contributed by atoms with Gasteiger partial charge in [-0.1, -0.05) is 6.07 Å². The molecule has 144 valence electrons. The number of anilines is 1. The van der Waals surface area contributed by atoms with E-state index in [1.807, 2.05) is 18.2 Å². The van der Waals surface area contributed by atoms with Crippen LogP contribution in [0, 0.1) is 0 Å². The van der Waals surface area contributed by atoms with Crippen LogP contribution in [0.4, 0.5) is 5.69 Å². The summed E-state index contributed by atoms with van der Waals surface area (Å²) in [5.74, 6) is 2.54. The molecule has 2 aliphatic rings. The molecule has 0 bridgehead atoms. The number of hydrogen-bond donors (Lipinski definition) is 1. The van der Waals surface area contributed by atoms with Crippen molar-refractivity contribution in [1.82, 2.24) is 14.8 Å². The van der Waals surface area contributed by atoms with Crippen LogP contribution in [-0.2, 0) is 11.3 Å². The SMILES string of the molecule is CC(=O)Nc1ccc2nc(CN3CCC(N4CCSCC4)CC3)ccc2c1. The second kappa shape index (κ2) is 8.59. The minimum atomic E-state index is -0.0503. The molecular formula is C21H28N4OS. The van der Waals surface area contributed by atoms with Crippen molar-refractivity contribution in [1.29, 1.82) is 0 Å². The number of likely N-dealkylation sites (tertiary alicyclic amines) is 1. The Morgan fingerprint density at radius 3 is 2.67 bits per heavy atom. The lowest BCUT2D eigenvalue weighted by molar-refractivity contribution is -0.114. The van der Waals surface area contributed by atoms with Gasteiger partial charge in [0.25, 0.3) is 0 Å². The predicted octanol–water partition coefficient (Wildman–Crippen LogP) is 3.21. The topological polar surface area (TPSA) is 48.5 Å². The Labute approximate surface area is 165 Å². The van der Waals surface area contributed by atoms with Crippen molar-refractivity contribution in [3.8, 4) is 0 Å². The summed E-state index contributed by atoms with van der Waals surface area (Å²) in [5, 5.41) is 3.89. The summed E-state index contributed by atoms with van der Waals surface area (Å²) in [6.45, 7) is 7.31. The van der Waals surface area contributed by atoms with Crippen molar-refractivity contribution >= 4 is 34.3 Å². The highest BCUT2D eigenvalue weighted by atomic mass is 32.2. The van der Waals surface area contributed by atoms with E-state index < -0.39 is 0 Å². The van der Waals surface area contributed by atoms with Crippen LogP contribution in [-0.4, -0.2) is 64.4 Å². The first-order valence-electron chi connectivity index (χ1n) is 9.89. The van der Waals surface area contributed by atoms with E-state index in [9.17, 15) is 4.79 Å².